The summed E-state index contributed by atoms with van der Waals surface area (Å²) in [6, 6.07) is 5.56. The highest BCUT2D eigenvalue weighted by Crippen LogP contribution is 2.24. The first-order chi connectivity index (χ1) is 15.6. The lowest BCUT2D eigenvalue weighted by Crippen LogP contribution is -2.28. The van der Waals surface area contributed by atoms with Crippen molar-refractivity contribution >= 4 is 5.97 Å². The van der Waals surface area contributed by atoms with Gasteiger partial charge in [-0.1, -0.05) is 50.3 Å². The van der Waals surface area contributed by atoms with Gasteiger partial charge in [0.25, 0.3) is 0 Å². The number of hydrogen-bond donors (Lipinski definition) is 3. The van der Waals surface area contributed by atoms with Crippen molar-refractivity contribution in [1.82, 2.24) is 5.32 Å². The summed E-state index contributed by atoms with van der Waals surface area (Å²) in [5.41, 5.74) is 1.73. The Morgan fingerprint density at radius 3 is 2.52 bits per heavy atom. The van der Waals surface area contributed by atoms with Gasteiger partial charge in [-0.3, -0.25) is 10.1 Å². The van der Waals surface area contributed by atoms with Crippen molar-refractivity contribution in [1.29, 1.82) is 0 Å². The molecule has 0 saturated carbocycles. The van der Waals surface area contributed by atoms with E-state index >= 15 is 0 Å². The molecule has 9 heteroatoms. The Bertz CT molecular complexity index is 775. The van der Waals surface area contributed by atoms with E-state index in [0.29, 0.717) is 6.61 Å². The Morgan fingerprint density at radius 1 is 1.24 bits per heavy atom. The van der Waals surface area contributed by atoms with Crippen LogP contribution in [0.4, 0.5) is 13.2 Å². The van der Waals surface area contributed by atoms with E-state index in [0.717, 1.165) is 30.4 Å². The van der Waals surface area contributed by atoms with Crippen LogP contribution in [0.15, 0.2) is 60.7 Å². The molecule has 3 N–H and O–H groups in total. The fraction of sp³-hybridized carbons (Fsp3) is 0.458. The second-order valence-corrected chi connectivity index (χ2v) is 7.32. The zero-order valence-corrected chi connectivity index (χ0v) is 18.7. The third kappa shape index (κ3) is 13.5. The van der Waals surface area contributed by atoms with Crippen molar-refractivity contribution in [2.24, 2.45) is 5.92 Å². The smallest absolute Gasteiger partial charge is 0.481 e. The van der Waals surface area contributed by atoms with E-state index in [1.54, 1.807) is 12.2 Å². The fourth-order valence-corrected chi connectivity index (χ4v) is 3.07. The average molecular weight is 472 g/mol. The van der Waals surface area contributed by atoms with Gasteiger partial charge in [-0.15, -0.1) is 13.2 Å². The Morgan fingerprint density at radius 2 is 1.94 bits per heavy atom. The summed E-state index contributed by atoms with van der Waals surface area (Å²) >= 11 is 0. The lowest BCUT2D eigenvalue weighted by molar-refractivity contribution is -0.274. The normalized spacial score (nSPS) is 14.3. The zero-order chi connectivity index (χ0) is 24.7. The average Bonchev–Trinajstić information content (AvgIpc) is 2.73. The standard InChI is InChI=1S/C24H32F3NO5/c1-3-6-20(19(4-2)7-5-8-22(29)28-15-13-23(30)31)14-16-32-17-18-9-11-21(12-10-18)33-24(25,26)27/h4-5,7-12,20,22,28-29H,2-3,6,13-17H2,1H3,(H,30,31)/b8-5+,19-7+. The molecule has 0 aliphatic heterocycles. The molecule has 1 aromatic carbocycles. The summed E-state index contributed by atoms with van der Waals surface area (Å²) in [4.78, 5) is 10.5. The maximum atomic E-state index is 12.2. The van der Waals surface area contributed by atoms with Gasteiger partial charge < -0.3 is 19.7 Å². The van der Waals surface area contributed by atoms with E-state index in [2.05, 4.69) is 23.6 Å². The number of rotatable bonds is 16. The second kappa shape index (κ2) is 15.3. The van der Waals surface area contributed by atoms with Gasteiger partial charge in [0.05, 0.1) is 13.0 Å². The summed E-state index contributed by atoms with van der Waals surface area (Å²) in [6.45, 7) is 6.82. The number of nitrogens with one attached hydrogen (secondary N) is 1. The van der Waals surface area contributed by atoms with Gasteiger partial charge in [0.2, 0.25) is 0 Å². The molecular formula is C24H32F3NO5. The van der Waals surface area contributed by atoms with Crippen molar-refractivity contribution in [3.8, 4) is 5.75 Å². The minimum Gasteiger partial charge on any atom is -0.481 e. The van der Waals surface area contributed by atoms with Gasteiger partial charge in [-0.2, -0.15) is 0 Å². The number of ether oxygens (including phenoxy) is 2. The summed E-state index contributed by atoms with van der Waals surface area (Å²) in [6.07, 6.45) is 3.69. The molecule has 0 fully saturated rings. The Balaban J connectivity index is 2.53. The quantitative estimate of drug-likeness (QED) is 0.179. The largest absolute Gasteiger partial charge is 0.573 e. The van der Waals surface area contributed by atoms with Gasteiger partial charge in [-0.25, -0.2) is 0 Å². The van der Waals surface area contributed by atoms with Gasteiger partial charge in [0, 0.05) is 13.2 Å². The summed E-state index contributed by atoms with van der Waals surface area (Å²) in [5, 5.41) is 21.1. The minimum atomic E-state index is -4.72. The van der Waals surface area contributed by atoms with Crippen LogP contribution in [0, 0.1) is 5.92 Å². The van der Waals surface area contributed by atoms with Crippen molar-refractivity contribution in [2.75, 3.05) is 13.2 Å². The van der Waals surface area contributed by atoms with E-state index < -0.39 is 18.6 Å². The van der Waals surface area contributed by atoms with E-state index in [1.807, 2.05) is 6.08 Å². The lowest BCUT2D eigenvalue weighted by atomic mass is 9.91. The number of halogens is 3. The molecule has 0 radical (unpaired) electrons. The maximum Gasteiger partial charge on any atom is 0.573 e. The van der Waals surface area contributed by atoms with Gasteiger partial charge in [-0.05, 0) is 48.1 Å². The number of aliphatic carboxylic acids is 1. The van der Waals surface area contributed by atoms with E-state index in [9.17, 15) is 23.1 Å². The minimum absolute atomic E-state index is 0.0807. The number of aliphatic hydroxyl groups excluding tert-OH is 1. The first-order valence-corrected chi connectivity index (χ1v) is 10.7. The Kier molecular flexibility index (Phi) is 13.1. The van der Waals surface area contributed by atoms with Crippen molar-refractivity contribution in [2.45, 2.75) is 51.8 Å². The molecule has 1 aromatic rings. The Hall–Kier alpha value is -2.62. The number of hydrogen-bond acceptors (Lipinski definition) is 5. The molecule has 0 aliphatic rings. The third-order valence-electron chi connectivity index (χ3n) is 4.65. The highest BCUT2D eigenvalue weighted by atomic mass is 19.4. The lowest BCUT2D eigenvalue weighted by Gasteiger charge is -2.17. The van der Waals surface area contributed by atoms with E-state index in [1.165, 1.54) is 30.3 Å². The van der Waals surface area contributed by atoms with Gasteiger partial charge in [0.1, 0.15) is 12.0 Å². The highest BCUT2D eigenvalue weighted by molar-refractivity contribution is 5.66. The first-order valence-electron chi connectivity index (χ1n) is 10.7. The molecule has 33 heavy (non-hydrogen) atoms. The van der Waals surface area contributed by atoms with Crippen LogP contribution in [-0.4, -0.2) is 41.9 Å². The summed E-state index contributed by atoms with van der Waals surface area (Å²) in [7, 11) is 0. The van der Waals surface area contributed by atoms with Crippen molar-refractivity contribution < 1.29 is 37.7 Å². The molecule has 0 spiro atoms. The molecule has 0 bridgehead atoms. The number of carboxylic acid groups (broad SMARTS) is 1. The number of allylic oxidation sites excluding steroid dienone is 4. The van der Waals surface area contributed by atoms with Crippen LogP contribution in [0.5, 0.6) is 5.75 Å². The number of carbonyl (C=O) groups is 1. The number of benzene rings is 1. The molecule has 6 nitrogen and oxygen atoms in total. The Labute approximate surface area is 192 Å². The SMILES string of the molecule is C=C/C(=C\C=C\C(O)NCCC(=O)O)C(CCC)CCOCc1ccc(OC(F)(F)F)cc1. The van der Waals surface area contributed by atoms with Crippen LogP contribution in [0.2, 0.25) is 0 Å². The molecule has 0 aromatic heterocycles. The molecule has 0 aliphatic carbocycles. The number of aliphatic hydroxyl groups is 1. The molecule has 184 valence electrons. The zero-order valence-electron chi connectivity index (χ0n) is 18.7. The van der Waals surface area contributed by atoms with Crippen molar-refractivity contribution in [3.63, 3.8) is 0 Å². The van der Waals surface area contributed by atoms with Crippen LogP contribution >= 0.6 is 0 Å². The topological polar surface area (TPSA) is 88.0 Å². The van der Waals surface area contributed by atoms with E-state index in [4.69, 9.17) is 9.84 Å². The van der Waals surface area contributed by atoms with Crippen LogP contribution in [0.25, 0.3) is 0 Å². The third-order valence-corrected chi connectivity index (χ3v) is 4.65. The van der Waals surface area contributed by atoms with Crippen LogP contribution < -0.4 is 10.1 Å². The molecule has 2 unspecified atom stereocenters. The number of alkyl halides is 3. The monoisotopic (exact) mass is 471 g/mol. The summed E-state index contributed by atoms with van der Waals surface area (Å²) < 4.78 is 46.2. The molecule has 2 atom stereocenters. The predicted molar refractivity (Wildman–Crippen MR) is 119 cm³/mol. The maximum absolute atomic E-state index is 12.2. The molecule has 0 amide bonds. The molecule has 1 rings (SSSR count). The number of carboxylic acids is 1. The molecule has 0 saturated heterocycles. The van der Waals surface area contributed by atoms with Crippen molar-refractivity contribution in [3.05, 3.63) is 66.3 Å². The first kappa shape index (κ1) is 28.4. The van der Waals surface area contributed by atoms with Crippen LogP contribution in [0.1, 0.15) is 38.2 Å². The fourth-order valence-electron chi connectivity index (χ4n) is 3.07. The predicted octanol–water partition coefficient (Wildman–Crippen LogP) is 4.96. The van der Waals surface area contributed by atoms with Gasteiger partial charge >= 0.3 is 12.3 Å². The summed E-state index contributed by atoms with van der Waals surface area (Å²) in [5.74, 6) is -1.02. The molecule has 0 heterocycles. The highest BCUT2D eigenvalue weighted by Gasteiger charge is 2.30. The second-order valence-electron chi connectivity index (χ2n) is 7.32. The van der Waals surface area contributed by atoms with Crippen LogP contribution in [-0.2, 0) is 16.1 Å². The van der Waals surface area contributed by atoms with E-state index in [-0.39, 0.29) is 31.2 Å². The molecular weight excluding hydrogens is 439 g/mol. The van der Waals surface area contributed by atoms with Gasteiger partial charge in [0.15, 0.2) is 0 Å². The van der Waals surface area contributed by atoms with Crippen LogP contribution in [0.3, 0.4) is 0 Å².